The van der Waals surface area contributed by atoms with Gasteiger partial charge in [0, 0.05) is 24.5 Å². The minimum Gasteiger partial charge on any atom is -0.493 e. The van der Waals surface area contributed by atoms with E-state index in [0.29, 0.717) is 41.0 Å². The molecule has 0 atom stereocenters. The van der Waals surface area contributed by atoms with Crippen LogP contribution in [0.5, 0.6) is 17.2 Å². The fourth-order valence-corrected chi connectivity index (χ4v) is 4.18. The SMILES string of the molecule is COc1ccc(COc2cc(N)c(Cl)cc2CC(=O)CCCN2CCCCC2)cc1OC. The molecule has 1 fully saturated rings. The summed E-state index contributed by atoms with van der Waals surface area (Å²) in [5.41, 5.74) is 8.09. The van der Waals surface area contributed by atoms with E-state index < -0.39 is 0 Å². The number of methoxy groups -OCH3 is 2. The lowest BCUT2D eigenvalue weighted by molar-refractivity contribution is -0.118. The van der Waals surface area contributed by atoms with Crippen molar-refractivity contribution in [3.05, 3.63) is 46.5 Å². The molecule has 3 rings (SSSR count). The highest BCUT2D eigenvalue weighted by Crippen LogP contribution is 2.32. The van der Waals surface area contributed by atoms with Crippen molar-refractivity contribution >= 4 is 23.1 Å². The first-order valence-electron chi connectivity index (χ1n) is 11.2. The number of anilines is 1. The van der Waals surface area contributed by atoms with Crippen LogP contribution in [0, 0.1) is 0 Å². The first-order valence-corrected chi connectivity index (χ1v) is 11.5. The first kappa shape index (κ1) is 24.2. The van der Waals surface area contributed by atoms with E-state index in [1.165, 1.54) is 19.3 Å². The maximum absolute atomic E-state index is 12.7. The number of nitrogens with two attached hydrogens (primary N) is 1. The predicted octanol–water partition coefficient (Wildman–Crippen LogP) is 4.90. The summed E-state index contributed by atoms with van der Waals surface area (Å²) in [6, 6.07) is 9.04. The van der Waals surface area contributed by atoms with E-state index in [4.69, 9.17) is 31.5 Å². The molecule has 2 aromatic rings. The molecule has 7 heteroatoms. The number of carbonyl (C=O) groups excluding carboxylic acids is 1. The molecule has 6 nitrogen and oxygen atoms in total. The van der Waals surface area contributed by atoms with E-state index in [9.17, 15) is 4.79 Å². The van der Waals surface area contributed by atoms with Crippen molar-refractivity contribution in [1.82, 2.24) is 4.90 Å². The molecule has 2 N–H and O–H groups in total. The minimum atomic E-state index is 0.179. The number of hydrogen-bond donors (Lipinski definition) is 1. The number of nitrogens with zero attached hydrogens (tertiary/aromatic N) is 1. The Morgan fingerprint density at radius 2 is 1.78 bits per heavy atom. The number of halogens is 1. The van der Waals surface area contributed by atoms with Gasteiger partial charge >= 0.3 is 0 Å². The third-order valence-electron chi connectivity index (χ3n) is 5.79. The molecule has 32 heavy (non-hydrogen) atoms. The number of piperidine rings is 1. The van der Waals surface area contributed by atoms with Crippen LogP contribution in [0.2, 0.25) is 5.02 Å². The summed E-state index contributed by atoms with van der Waals surface area (Å²) in [6.45, 7) is 3.58. The molecule has 1 saturated heterocycles. The average Bonchev–Trinajstić information content (AvgIpc) is 2.80. The highest BCUT2D eigenvalue weighted by molar-refractivity contribution is 6.33. The van der Waals surface area contributed by atoms with Crippen LogP contribution in [-0.4, -0.2) is 44.5 Å². The van der Waals surface area contributed by atoms with Gasteiger partial charge in [-0.25, -0.2) is 0 Å². The van der Waals surface area contributed by atoms with Gasteiger partial charge in [-0.2, -0.15) is 0 Å². The van der Waals surface area contributed by atoms with Crippen molar-refractivity contribution in [2.24, 2.45) is 0 Å². The van der Waals surface area contributed by atoms with E-state index in [1.54, 1.807) is 26.4 Å². The van der Waals surface area contributed by atoms with Crippen molar-refractivity contribution < 1.29 is 19.0 Å². The van der Waals surface area contributed by atoms with Crippen LogP contribution in [0.4, 0.5) is 5.69 Å². The number of ether oxygens (including phenoxy) is 3. The van der Waals surface area contributed by atoms with Crippen molar-refractivity contribution in [2.45, 2.75) is 45.1 Å². The third-order valence-corrected chi connectivity index (χ3v) is 6.12. The van der Waals surface area contributed by atoms with E-state index >= 15 is 0 Å². The van der Waals surface area contributed by atoms with Crippen molar-refractivity contribution in [1.29, 1.82) is 0 Å². The summed E-state index contributed by atoms with van der Waals surface area (Å²) >= 11 is 6.24. The third kappa shape index (κ3) is 6.78. The normalized spacial score (nSPS) is 14.2. The van der Waals surface area contributed by atoms with E-state index in [-0.39, 0.29) is 12.2 Å². The zero-order chi connectivity index (χ0) is 22.9. The number of nitrogen functional groups attached to an aromatic ring is 1. The summed E-state index contributed by atoms with van der Waals surface area (Å²) in [6.07, 6.45) is 5.55. The van der Waals surface area contributed by atoms with Crippen LogP contribution in [0.3, 0.4) is 0 Å². The summed E-state index contributed by atoms with van der Waals surface area (Å²) < 4.78 is 16.7. The Hall–Kier alpha value is -2.44. The standard InChI is InChI=1S/C25H33ClN2O4/c1-30-23-9-8-18(13-25(23)31-2)17-32-24-16-22(27)21(26)15-19(24)14-20(29)7-6-12-28-10-4-3-5-11-28/h8-9,13,15-16H,3-7,10-12,14,17,27H2,1-2H3. The fourth-order valence-electron chi connectivity index (χ4n) is 4.00. The van der Waals surface area contributed by atoms with Gasteiger partial charge in [0.2, 0.25) is 0 Å². The average molecular weight is 461 g/mol. The van der Waals surface area contributed by atoms with E-state index in [2.05, 4.69) is 4.90 Å². The van der Waals surface area contributed by atoms with Gasteiger partial charge in [0.1, 0.15) is 18.1 Å². The maximum atomic E-state index is 12.7. The number of Topliss-reactive ketones (excluding diaryl/α,β-unsaturated/α-hetero) is 1. The Kier molecular flexibility index (Phi) is 9.06. The van der Waals surface area contributed by atoms with Crippen LogP contribution >= 0.6 is 11.6 Å². The first-order chi connectivity index (χ1) is 15.5. The lowest BCUT2D eigenvalue weighted by Gasteiger charge is -2.26. The molecule has 2 aromatic carbocycles. The second-order valence-corrected chi connectivity index (χ2v) is 8.59. The van der Waals surface area contributed by atoms with Gasteiger partial charge < -0.3 is 24.8 Å². The number of likely N-dealkylation sites (tertiary alicyclic amines) is 1. The van der Waals surface area contributed by atoms with Gasteiger partial charge in [0.15, 0.2) is 11.5 Å². The highest BCUT2D eigenvalue weighted by atomic mass is 35.5. The van der Waals surface area contributed by atoms with Crippen LogP contribution < -0.4 is 19.9 Å². The van der Waals surface area contributed by atoms with E-state index in [0.717, 1.165) is 37.2 Å². The Morgan fingerprint density at radius 1 is 1.03 bits per heavy atom. The van der Waals surface area contributed by atoms with Gasteiger partial charge in [0.05, 0.1) is 24.9 Å². The summed E-state index contributed by atoms with van der Waals surface area (Å²) in [5.74, 6) is 2.04. The van der Waals surface area contributed by atoms with Gasteiger partial charge in [-0.3, -0.25) is 4.79 Å². The van der Waals surface area contributed by atoms with Gasteiger partial charge in [-0.15, -0.1) is 0 Å². The Labute approximate surface area is 195 Å². The molecule has 0 saturated carbocycles. The smallest absolute Gasteiger partial charge is 0.161 e. The summed E-state index contributed by atoms with van der Waals surface area (Å²) in [7, 11) is 3.19. The molecule has 0 bridgehead atoms. The van der Waals surface area contributed by atoms with Crippen LogP contribution in [0.15, 0.2) is 30.3 Å². The molecule has 0 unspecified atom stereocenters. The number of benzene rings is 2. The molecule has 0 spiro atoms. The van der Waals surface area contributed by atoms with Gasteiger partial charge in [0.25, 0.3) is 0 Å². The molecule has 0 radical (unpaired) electrons. The Balaban J connectivity index is 1.61. The summed E-state index contributed by atoms with van der Waals surface area (Å²) in [4.78, 5) is 15.1. The zero-order valence-electron chi connectivity index (χ0n) is 19.0. The Bertz CT molecular complexity index is 913. The number of rotatable bonds is 11. The van der Waals surface area contributed by atoms with Crippen LogP contribution in [0.25, 0.3) is 0 Å². The molecule has 1 heterocycles. The zero-order valence-corrected chi connectivity index (χ0v) is 19.7. The molecular formula is C25H33ClN2O4. The molecule has 1 aliphatic rings. The number of ketones is 1. The predicted molar refractivity (Wildman–Crippen MR) is 128 cm³/mol. The quantitative estimate of drug-likeness (QED) is 0.481. The highest BCUT2D eigenvalue weighted by Gasteiger charge is 2.15. The molecule has 1 aliphatic heterocycles. The van der Waals surface area contributed by atoms with E-state index in [1.807, 2.05) is 18.2 Å². The lowest BCUT2D eigenvalue weighted by atomic mass is 10.0. The molecule has 174 valence electrons. The molecule has 0 aromatic heterocycles. The maximum Gasteiger partial charge on any atom is 0.161 e. The second kappa shape index (κ2) is 12.0. The fraction of sp³-hybridized carbons (Fsp3) is 0.480. The number of carbonyl (C=O) groups is 1. The largest absolute Gasteiger partial charge is 0.493 e. The molecule has 0 amide bonds. The lowest BCUT2D eigenvalue weighted by Crippen LogP contribution is -2.30. The van der Waals surface area contributed by atoms with Crippen molar-refractivity contribution in [2.75, 3.05) is 39.6 Å². The number of hydrogen-bond acceptors (Lipinski definition) is 6. The summed E-state index contributed by atoms with van der Waals surface area (Å²) in [5, 5.41) is 0.430. The van der Waals surface area contributed by atoms with Crippen LogP contribution in [0.1, 0.15) is 43.2 Å². The molecule has 0 aliphatic carbocycles. The van der Waals surface area contributed by atoms with Crippen LogP contribution in [-0.2, 0) is 17.8 Å². The monoisotopic (exact) mass is 460 g/mol. The Morgan fingerprint density at radius 3 is 2.50 bits per heavy atom. The van der Waals surface area contributed by atoms with Crippen molar-refractivity contribution in [3.8, 4) is 17.2 Å². The second-order valence-electron chi connectivity index (χ2n) is 8.18. The van der Waals surface area contributed by atoms with Gasteiger partial charge in [-0.1, -0.05) is 24.1 Å². The van der Waals surface area contributed by atoms with Gasteiger partial charge in [-0.05, 0) is 62.7 Å². The minimum absolute atomic E-state index is 0.179. The molecular weight excluding hydrogens is 428 g/mol. The topological polar surface area (TPSA) is 74.0 Å². The van der Waals surface area contributed by atoms with Crippen molar-refractivity contribution in [3.63, 3.8) is 0 Å².